The summed E-state index contributed by atoms with van der Waals surface area (Å²) in [6.45, 7) is 1.35. The van der Waals surface area contributed by atoms with Crippen molar-refractivity contribution in [1.29, 1.82) is 0 Å². The highest BCUT2D eigenvalue weighted by Gasteiger charge is 2.36. The molecule has 29 heavy (non-hydrogen) atoms. The van der Waals surface area contributed by atoms with Gasteiger partial charge in [0.2, 0.25) is 0 Å². The molecule has 0 aliphatic heterocycles. The predicted octanol–water partition coefficient (Wildman–Crippen LogP) is 3.88. The third kappa shape index (κ3) is 3.78. The Kier molecular flexibility index (Phi) is 5.05. The van der Waals surface area contributed by atoms with Crippen LogP contribution in [0.3, 0.4) is 0 Å². The van der Waals surface area contributed by atoms with E-state index in [0.717, 1.165) is 18.2 Å². The molecule has 0 atom stereocenters. The van der Waals surface area contributed by atoms with Crippen LogP contribution in [0.5, 0.6) is 5.75 Å². The van der Waals surface area contributed by atoms with Crippen LogP contribution in [-0.4, -0.2) is 32.5 Å². The highest BCUT2D eigenvalue weighted by atomic mass is 35.5. The van der Waals surface area contributed by atoms with Crippen molar-refractivity contribution in [1.82, 2.24) is 14.6 Å². The second kappa shape index (κ2) is 7.20. The number of hydrogen-bond donors (Lipinski definition) is 1. The van der Waals surface area contributed by atoms with E-state index in [2.05, 4.69) is 15.4 Å². The summed E-state index contributed by atoms with van der Waals surface area (Å²) in [6, 6.07) is 4.18. The average molecular weight is 430 g/mol. The zero-order valence-electron chi connectivity index (χ0n) is 14.7. The van der Waals surface area contributed by atoms with Gasteiger partial charge in [0.25, 0.3) is 11.6 Å². The number of nitro benzene ring substituents is 1. The number of aromatic nitrogens is 3. The molecule has 0 spiro atoms. The normalized spacial score (nSPS) is 11.5. The summed E-state index contributed by atoms with van der Waals surface area (Å²) in [4.78, 5) is 26.7. The number of fused-ring (bicyclic) bond motifs is 1. The van der Waals surface area contributed by atoms with Crippen LogP contribution >= 0.6 is 11.6 Å². The Bertz CT molecular complexity index is 1150. The first-order valence-corrected chi connectivity index (χ1v) is 8.17. The van der Waals surface area contributed by atoms with Gasteiger partial charge in [0.1, 0.15) is 16.5 Å². The van der Waals surface area contributed by atoms with Crippen LogP contribution < -0.4 is 10.1 Å². The zero-order valence-corrected chi connectivity index (χ0v) is 15.5. The molecule has 2 heterocycles. The summed E-state index contributed by atoms with van der Waals surface area (Å²) >= 11 is 6.06. The number of alkyl halides is 3. The van der Waals surface area contributed by atoms with Gasteiger partial charge < -0.3 is 10.1 Å². The molecule has 9 nitrogen and oxygen atoms in total. The molecule has 3 rings (SSSR count). The third-order valence-electron chi connectivity index (χ3n) is 3.81. The molecule has 2 aromatic heterocycles. The molecule has 1 amide bonds. The molecular weight excluding hydrogens is 419 g/mol. The lowest BCUT2D eigenvalue weighted by atomic mass is 10.2. The first-order chi connectivity index (χ1) is 13.5. The van der Waals surface area contributed by atoms with Crippen molar-refractivity contribution >= 4 is 34.5 Å². The van der Waals surface area contributed by atoms with E-state index >= 15 is 0 Å². The van der Waals surface area contributed by atoms with Crippen molar-refractivity contribution < 1.29 is 27.6 Å². The SMILES string of the molecule is COc1cc([N+](=O)[O-])ccc1NC(=O)c1nn2c(C(F)(F)F)cc(C)nc2c1Cl. The van der Waals surface area contributed by atoms with Gasteiger partial charge in [-0.25, -0.2) is 9.50 Å². The van der Waals surface area contributed by atoms with Gasteiger partial charge in [-0.3, -0.25) is 14.9 Å². The molecule has 13 heteroatoms. The minimum atomic E-state index is -4.75. The second-order valence-electron chi connectivity index (χ2n) is 5.77. The average Bonchev–Trinajstić information content (AvgIpc) is 2.97. The van der Waals surface area contributed by atoms with Crippen molar-refractivity contribution in [2.24, 2.45) is 0 Å². The van der Waals surface area contributed by atoms with E-state index in [4.69, 9.17) is 16.3 Å². The summed E-state index contributed by atoms with van der Waals surface area (Å²) in [5, 5.41) is 16.5. The fraction of sp³-hybridized carbons (Fsp3) is 0.188. The quantitative estimate of drug-likeness (QED) is 0.497. The lowest BCUT2D eigenvalue weighted by Crippen LogP contribution is -2.16. The number of nitrogens with one attached hydrogen (secondary N) is 1. The molecule has 0 saturated heterocycles. The van der Waals surface area contributed by atoms with Crippen LogP contribution in [0.15, 0.2) is 24.3 Å². The van der Waals surface area contributed by atoms with Crippen molar-refractivity contribution in [3.63, 3.8) is 0 Å². The van der Waals surface area contributed by atoms with Crippen LogP contribution in [0.2, 0.25) is 5.02 Å². The molecular formula is C16H11ClF3N5O4. The smallest absolute Gasteiger partial charge is 0.433 e. The third-order valence-corrected chi connectivity index (χ3v) is 4.16. The highest BCUT2D eigenvalue weighted by Crippen LogP contribution is 2.33. The highest BCUT2D eigenvalue weighted by molar-refractivity contribution is 6.37. The molecule has 0 bridgehead atoms. The number of methoxy groups -OCH3 is 1. The molecule has 0 unspecified atom stereocenters. The van der Waals surface area contributed by atoms with Gasteiger partial charge in [-0.2, -0.15) is 18.3 Å². The number of hydrogen-bond acceptors (Lipinski definition) is 6. The van der Waals surface area contributed by atoms with Crippen LogP contribution in [0.1, 0.15) is 21.9 Å². The van der Waals surface area contributed by atoms with Crippen molar-refractivity contribution in [2.45, 2.75) is 13.1 Å². The van der Waals surface area contributed by atoms with Crippen molar-refractivity contribution in [3.8, 4) is 5.75 Å². The molecule has 152 valence electrons. The van der Waals surface area contributed by atoms with E-state index in [0.29, 0.717) is 4.52 Å². The number of carbonyl (C=O) groups is 1. The number of nitrogens with zero attached hydrogens (tertiary/aromatic N) is 4. The summed E-state index contributed by atoms with van der Waals surface area (Å²) in [5.74, 6) is -0.976. The number of aryl methyl sites for hydroxylation is 1. The van der Waals surface area contributed by atoms with E-state index in [1.807, 2.05) is 0 Å². The van der Waals surface area contributed by atoms with Crippen LogP contribution in [0, 0.1) is 17.0 Å². The van der Waals surface area contributed by atoms with Gasteiger partial charge in [0, 0.05) is 11.8 Å². The van der Waals surface area contributed by atoms with Crippen molar-refractivity contribution in [2.75, 3.05) is 12.4 Å². The second-order valence-corrected chi connectivity index (χ2v) is 6.15. The maximum absolute atomic E-state index is 13.3. The molecule has 1 N–H and O–H groups in total. The molecule has 0 fully saturated rings. The van der Waals surface area contributed by atoms with Gasteiger partial charge in [-0.1, -0.05) is 11.6 Å². The van der Waals surface area contributed by atoms with E-state index in [1.54, 1.807) is 0 Å². The number of ether oxygens (including phenoxy) is 1. The lowest BCUT2D eigenvalue weighted by Gasteiger charge is -2.09. The standard InChI is InChI=1S/C16H11ClF3N5O4/c1-7-5-11(16(18,19)20)24-14(21-7)12(17)13(23-24)15(26)22-9-4-3-8(25(27)28)6-10(9)29-2/h3-6H,1-2H3,(H,22,26). The number of benzene rings is 1. The number of non-ortho nitro benzene ring substituents is 1. The Morgan fingerprint density at radius 2 is 2.03 bits per heavy atom. The summed E-state index contributed by atoms with van der Waals surface area (Å²) in [5.41, 5.74) is -2.18. The summed E-state index contributed by atoms with van der Waals surface area (Å²) < 4.78 is 45.3. The minimum Gasteiger partial charge on any atom is -0.494 e. The Balaban J connectivity index is 2.05. The van der Waals surface area contributed by atoms with Crippen LogP contribution in [0.25, 0.3) is 5.65 Å². The maximum Gasteiger partial charge on any atom is 0.433 e. The van der Waals surface area contributed by atoms with Crippen molar-refractivity contribution in [3.05, 3.63) is 56.5 Å². The van der Waals surface area contributed by atoms with E-state index in [9.17, 15) is 28.1 Å². The molecule has 0 aliphatic carbocycles. The van der Waals surface area contributed by atoms with E-state index in [1.165, 1.54) is 20.1 Å². The molecule has 3 aromatic rings. The summed E-state index contributed by atoms with van der Waals surface area (Å²) in [7, 11) is 1.23. The molecule has 0 aliphatic rings. The zero-order chi connectivity index (χ0) is 21.5. The topological polar surface area (TPSA) is 112 Å². The molecule has 1 aromatic carbocycles. The fourth-order valence-electron chi connectivity index (χ4n) is 2.54. The Morgan fingerprint density at radius 1 is 1.34 bits per heavy atom. The predicted molar refractivity (Wildman–Crippen MR) is 95.3 cm³/mol. The first-order valence-electron chi connectivity index (χ1n) is 7.79. The number of carbonyl (C=O) groups excluding carboxylic acids is 1. The Hall–Kier alpha value is -3.41. The lowest BCUT2D eigenvalue weighted by molar-refractivity contribution is -0.384. The number of anilines is 1. The first kappa shape index (κ1) is 20.3. The van der Waals surface area contributed by atoms with Gasteiger partial charge >= 0.3 is 6.18 Å². The number of rotatable bonds is 4. The largest absolute Gasteiger partial charge is 0.494 e. The van der Waals surface area contributed by atoms with Crippen LogP contribution in [0.4, 0.5) is 24.5 Å². The Labute approximate surface area is 165 Å². The number of nitro groups is 1. The summed E-state index contributed by atoms with van der Waals surface area (Å²) in [6.07, 6.45) is -4.75. The van der Waals surface area contributed by atoms with E-state index in [-0.39, 0.29) is 33.5 Å². The van der Waals surface area contributed by atoms with Gasteiger partial charge in [-0.15, -0.1) is 0 Å². The van der Waals surface area contributed by atoms with Crippen LogP contribution in [-0.2, 0) is 6.18 Å². The monoisotopic (exact) mass is 429 g/mol. The molecule has 0 saturated carbocycles. The fourth-order valence-corrected chi connectivity index (χ4v) is 2.78. The van der Waals surface area contributed by atoms with E-state index < -0.39 is 28.4 Å². The number of amides is 1. The maximum atomic E-state index is 13.3. The van der Waals surface area contributed by atoms with Gasteiger partial charge in [0.05, 0.1) is 23.8 Å². The molecule has 0 radical (unpaired) electrons. The minimum absolute atomic E-state index is 0.0302. The Morgan fingerprint density at radius 3 is 2.62 bits per heavy atom. The number of halogens is 4. The van der Waals surface area contributed by atoms with Gasteiger partial charge in [0.15, 0.2) is 11.3 Å². The van der Waals surface area contributed by atoms with Gasteiger partial charge in [-0.05, 0) is 19.1 Å².